The van der Waals surface area contributed by atoms with E-state index in [1.54, 1.807) is 0 Å². The SMILES string of the molecule is CC[C@H](C)[C@H]1COC(CC[C@H]2OC(C)(C)N(C(=O)OC(C)(C)C)[C@H]2CC2CCCCC2)=N1. The van der Waals surface area contributed by atoms with Gasteiger partial charge < -0.3 is 14.2 Å². The van der Waals surface area contributed by atoms with Gasteiger partial charge in [-0.15, -0.1) is 0 Å². The lowest BCUT2D eigenvalue weighted by atomic mass is 9.83. The van der Waals surface area contributed by atoms with Crippen LogP contribution in [0.25, 0.3) is 0 Å². The zero-order valence-electron chi connectivity index (χ0n) is 21.5. The fraction of sp³-hybridized carbons (Fsp3) is 0.923. The molecule has 0 radical (unpaired) electrons. The molecule has 2 heterocycles. The summed E-state index contributed by atoms with van der Waals surface area (Å²) in [6, 6.07) is 0.294. The smallest absolute Gasteiger partial charge is 0.412 e. The van der Waals surface area contributed by atoms with Crippen LogP contribution in [0.3, 0.4) is 0 Å². The zero-order chi connectivity index (χ0) is 23.5. The molecule has 0 aromatic carbocycles. The fourth-order valence-electron chi connectivity index (χ4n) is 5.42. The van der Waals surface area contributed by atoms with Gasteiger partial charge in [-0.05, 0) is 59.3 Å². The maximum absolute atomic E-state index is 13.3. The molecule has 6 nitrogen and oxygen atoms in total. The standard InChI is InChI=1S/C26H46N2O4/c1-8-18(2)20-17-30-23(27-20)15-14-22-21(16-19-12-10-9-11-13-19)28(26(6,7)31-22)24(29)32-25(3,4)5/h18-22H,8-17H2,1-7H3/t18-,20+,21-,22+/m0/s1. The molecule has 1 saturated carbocycles. The minimum atomic E-state index is -0.691. The van der Waals surface area contributed by atoms with Crippen molar-refractivity contribution in [2.24, 2.45) is 16.8 Å². The first kappa shape index (κ1) is 25.3. The molecule has 1 saturated heterocycles. The average Bonchev–Trinajstić information content (AvgIpc) is 3.27. The quantitative estimate of drug-likeness (QED) is 0.455. The molecule has 3 aliphatic rings. The van der Waals surface area contributed by atoms with Crippen molar-refractivity contribution in [3.63, 3.8) is 0 Å². The van der Waals surface area contributed by atoms with E-state index in [0.717, 1.165) is 31.6 Å². The number of nitrogens with zero attached hydrogens (tertiary/aromatic N) is 2. The minimum Gasteiger partial charge on any atom is -0.479 e. The molecule has 184 valence electrons. The number of carbonyl (C=O) groups excluding carboxylic acids is 1. The highest BCUT2D eigenvalue weighted by molar-refractivity contribution is 5.77. The monoisotopic (exact) mass is 450 g/mol. The molecule has 2 fully saturated rings. The number of ether oxygens (including phenoxy) is 3. The number of amides is 1. The Bertz CT molecular complexity index is 663. The number of hydrogen-bond acceptors (Lipinski definition) is 5. The lowest BCUT2D eigenvalue weighted by molar-refractivity contribution is -0.0798. The number of carbonyl (C=O) groups is 1. The van der Waals surface area contributed by atoms with Crippen LogP contribution in [0.5, 0.6) is 0 Å². The summed E-state index contributed by atoms with van der Waals surface area (Å²) < 4.78 is 18.3. The minimum absolute atomic E-state index is 0.0234. The van der Waals surface area contributed by atoms with Crippen LogP contribution in [0.15, 0.2) is 4.99 Å². The van der Waals surface area contributed by atoms with Gasteiger partial charge in [-0.2, -0.15) is 0 Å². The third kappa shape index (κ3) is 6.39. The van der Waals surface area contributed by atoms with E-state index in [0.29, 0.717) is 18.4 Å². The first-order chi connectivity index (χ1) is 15.0. The Hall–Kier alpha value is -1.30. The maximum atomic E-state index is 13.3. The van der Waals surface area contributed by atoms with E-state index in [1.807, 2.05) is 39.5 Å². The van der Waals surface area contributed by atoms with Gasteiger partial charge in [0.25, 0.3) is 0 Å². The summed E-state index contributed by atoms with van der Waals surface area (Å²) in [6.45, 7) is 14.9. The Morgan fingerprint density at radius 3 is 2.56 bits per heavy atom. The molecule has 1 aliphatic carbocycles. The van der Waals surface area contributed by atoms with Crippen LogP contribution in [0.2, 0.25) is 0 Å². The normalized spacial score (nSPS) is 29.5. The maximum Gasteiger partial charge on any atom is 0.412 e. The Balaban J connectivity index is 1.73. The molecule has 1 amide bonds. The highest BCUT2D eigenvalue weighted by atomic mass is 16.6. The van der Waals surface area contributed by atoms with E-state index >= 15 is 0 Å². The fourth-order valence-corrected chi connectivity index (χ4v) is 5.42. The molecule has 0 bridgehead atoms. The molecule has 0 N–H and O–H groups in total. The Kier molecular flexibility index (Phi) is 8.16. The van der Waals surface area contributed by atoms with Gasteiger partial charge in [0.05, 0.1) is 18.2 Å². The highest BCUT2D eigenvalue weighted by Gasteiger charge is 2.51. The first-order valence-corrected chi connectivity index (χ1v) is 12.9. The summed E-state index contributed by atoms with van der Waals surface area (Å²) in [6.07, 6.45) is 9.78. The van der Waals surface area contributed by atoms with Crippen LogP contribution < -0.4 is 0 Å². The van der Waals surface area contributed by atoms with Gasteiger partial charge in [-0.25, -0.2) is 9.79 Å². The Labute approximate surface area is 195 Å². The van der Waals surface area contributed by atoms with Crippen molar-refractivity contribution < 1.29 is 19.0 Å². The third-order valence-electron chi connectivity index (χ3n) is 7.34. The molecule has 32 heavy (non-hydrogen) atoms. The molecular formula is C26H46N2O4. The lowest BCUT2D eigenvalue weighted by Gasteiger charge is -2.37. The largest absolute Gasteiger partial charge is 0.479 e. The van der Waals surface area contributed by atoms with Gasteiger partial charge in [0.15, 0.2) is 5.90 Å². The number of hydrogen-bond donors (Lipinski definition) is 0. The topological polar surface area (TPSA) is 60.4 Å². The summed E-state index contributed by atoms with van der Waals surface area (Å²) in [7, 11) is 0. The second kappa shape index (κ2) is 10.3. The molecule has 4 atom stereocenters. The molecule has 3 rings (SSSR count). The second-order valence-corrected chi connectivity index (χ2v) is 11.6. The van der Waals surface area contributed by atoms with Crippen LogP contribution in [0.4, 0.5) is 4.79 Å². The van der Waals surface area contributed by atoms with Gasteiger partial charge in [0.2, 0.25) is 0 Å². The van der Waals surface area contributed by atoms with Crippen LogP contribution in [-0.4, -0.2) is 53.0 Å². The summed E-state index contributed by atoms with van der Waals surface area (Å²) in [5.41, 5.74) is -1.22. The summed E-state index contributed by atoms with van der Waals surface area (Å²) >= 11 is 0. The van der Waals surface area contributed by atoms with Crippen molar-refractivity contribution in [1.29, 1.82) is 0 Å². The van der Waals surface area contributed by atoms with Gasteiger partial charge >= 0.3 is 6.09 Å². The average molecular weight is 451 g/mol. The number of aliphatic imine (C=N–C) groups is 1. The molecular weight excluding hydrogens is 404 g/mol. The molecule has 0 aromatic rings. The van der Waals surface area contributed by atoms with Crippen molar-refractivity contribution >= 4 is 12.0 Å². The van der Waals surface area contributed by atoms with Gasteiger partial charge in [-0.1, -0.05) is 52.4 Å². The Morgan fingerprint density at radius 2 is 1.94 bits per heavy atom. The molecule has 2 aliphatic heterocycles. The van der Waals surface area contributed by atoms with Crippen molar-refractivity contribution in [3.8, 4) is 0 Å². The third-order valence-corrected chi connectivity index (χ3v) is 7.34. The second-order valence-electron chi connectivity index (χ2n) is 11.6. The van der Waals surface area contributed by atoms with Crippen LogP contribution >= 0.6 is 0 Å². The van der Waals surface area contributed by atoms with Crippen LogP contribution in [-0.2, 0) is 14.2 Å². The Morgan fingerprint density at radius 1 is 1.25 bits per heavy atom. The number of rotatable bonds is 7. The van der Waals surface area contributed by atoms with Crippen LogP contribution in [0.1, 0.15) is 106 Å². The van der Waals surface area contributed by atoms with Crippen molar-refractivity contribution in [2.75, 3.05) is 6.61 Å². The summed E-state index contributed by atoms with van der Waals surface area (Å²) in [4.78, 5) is 20.0. The van der Waals surface area contributed by atoms with Gasteiger partial charge in [-0.3, -0.25) is 4.90 Å². The van der Waals surface area contributed by atoms with E-state index in [9.17, 15) is 4.79 Å². The van der Waals surface area contributed by atoms with E-state index in [4.69, 9.17) is 19.2 Å². The van der Waals surface area contributed by atoms with E-state index < -0.39 is 11.3 Å². The van der Waals surface area contributed by atoms with E-state index in [2.05, 4.69) is 13.8 Å². The molecule has 6 heteroatoms. The predicted octanol–water partition coefficient (Wildman–Crippen LogP) is 6.32. The van der Waals surface area contributed by atoms with Crippen molar-refractivity contribution in [1.82, 2.24) is 4.90 Å². The zero-order valence-corrected chi connectivity index (χ0v) is 21.5. The molecule has 0 unspecified atom stereocenters. The summed E-state index contributed by atoms with van der Waals surface area (Å²) in [5, 5.41) is 0. The van der Waals surface area contributed by atoms with Crippen molar-refractivity contribution in [3.05, 3.63) is 0 Å². The summed E-state index contributed by atoms with van der Waals surface area (Å²) in [5.74, 6) is 2.04. The molecule has 0 aromatic heterocycles. The van der Waals surface area contributed by atoms with Crippen molar-refractivity contribution in [2.45, 2.75) is 136 Å². The van der Waals surface area contributed by atoms with E-state index in [1.165, 1.54) is 32.1 Å². The predicted molar refractivity (Wildman–Crippen MR) is 128 cm³/mol. The lowest BCUT2D eigenvalue weighted by Crippen LogP contribution is -2.50. The van der Waals surface area contributed by atoms with Gasteiger partial charge in [0.1, 0.15) is 17.9 Å². The highest BCUT2D eigenvalue weighted by Crippen LogP contribution is 2.40. The molecule has 0 spiro atoms. The van der Waals surface area contributed by atoms with Crippen LogP contribution in [0, 0.1) is 11.8 Å². The first-order valence-electron chi connectivity index (χ1n) is 12.9. The van der Waals surface area contributed by atoms with Gasteiger partial charge in [0, 0.05) is 6.42 Å². The van der Waals surface area contributed by atoms with E-state index in [-0.39, 0.29) is 24.3 Å².